The standard InChI is InChI=1S/C12H24N2O2/c1-2-4-11(12(15)16)14-8-3-5-10(9-14)6-7-13/h10-11H,2-9,13H2,1H3,(H,15,16). The van der Waals surface area contributed by atoms with E-state index in [-0.39, 0.29) is 6.04 Å². The zero-order chi connectivity index (χ0) is 12.0. The van der Waals surface area contributed by atoms with Crippen molar-refractivity contribution in [2.45, 2.75) is 45.1 Å². The Morgan fingerprint density at radius 2 is 2.38 bits per heavy atom. The van der Waals surface area contributed by atoms with Crippen LogP contribution in [0.2, 0.25) is 0 Å². The van der Waals surface area contributed by atoms with Crippen LogP contribution in [0, 0.1) is 5.92 Å². The Hall–Kier alpha value is -0.610. The second-order valence-corrected chi connectivity index (χ2v) is 4.72. The average molecular weight is 228 g/mol. The van der Waals surface area contributed by atoms with Gasteiger partial charge in [0.1, 0.15) is 6.04 Å². The number of carboxylic acid groups (broad SMARTS) is 1. The molecule has 1 heterocycles. The Morgan fingerprint density at radius 1 is 1.62 bits per heavy atom. The van der Waals surface area contributed by atoms with Crippen molar-refractivity contribution in [1.29, 1.82) is 0 Å². The molecule has 1 saturated heterocycles. The van der Waals surface area contributed by atoms with E-state index in [4.69, 9.17) is 5.73 Å². The third-order valence-electron chi connectivity index (χ3n) is 3.41. The van der Waals surface area contributed by atoms with Gasteiger partial charge < -0.3 is 10.8 Å². The molecule has 0 aromatic heterocycles. The molecule has 16 heavy (non-hydrogen) atoms. The highest BCUT2D eigenvalue weighted by Crippen LogP contribution is 2.22. The first kappa shape index (κ1) is 13.5. The minimum Gasteiger partial charge on any atom is -0.480 e. The molecule has 94 valence electrons. The maximum Gasteiger partial charge on any atom is 0.320 e. The Labute approximate surface area is 97.8 Å². The van der Waals surface area contributed by atoms with Crippen LogP contribution in [0.25, 0.3) is 0 Å². The number of nitrogens with zero attached hydrogens (tertiary/aromatic N) is 1. The molecule has 3 N–H and O–H groups in total. The van der Waals surface area contributed by atoms with E-state index in [2.05, 4.69) is 4.90 Å². The summed E-state index contributed by atoms with van der Waals surface area (Å²) in [5.41, 5.74) is 5.56. The van der Waals surface area contributed by atoms with E-state index >= 15 is 0 Å². The molecule has 2 atom stereocenters. The summed E-state index contributed by atoms with van der Waals surface area (Å²) in [6.45, 7) is 4.59. The van der Waals surface area contributed by atoms with Crippen LogP contribution >= 0.6 is 0 Å². The number of likely N-dealkylation sites (tertiary alicyclic amines) is 1. The zero-order valence-corrected chi connectivity index (χ0v) is 10.2. The zero-order valence-electron chi connectivity index (χ0n) is 10.2. The molecule has 0 bridgehead atoms. The quantitative estimate of drug-likeness (QED) is 0.719. The van der Waals surface area contributed by atoms with E-state index in [0.29, 0.717) is 12.5 Å². The summed E-state index contributed by atoms with van der Waals surface area (Å²) in [4.78, 5) is 13.3. The summed E-state index contributed by atoms with van der Waals surface area (Å²) >= 11 is 0. The molecule has 2 unspecified atom stereocenters. The highest BCUT2D eigenvalue weighted by Gasteiger charge is 2.29. The summed E-state index contributed by atoms with van der Waals surface area (Å²) in [6, 6.07) is -0.287. The van der Waals surface area contributed by atoms with Crippen LogP contribution in [-0.4, -0.2) is 41.7 Å². The third-order valence-corrected chi connectivity index (χ3v) is 3.41. The van der Waals surface area contributed by atoms with Crippen molar-refractivity contribution >= 4 is 5.97 Å². The lowest BCUT2D eigenvalue weighted by atomic mass is 9.93. The van der Waals surface area contributed by atoms with Crippen molar-refractivity contribution in [1.82, 2.24) is 4.90 Å². The molecule has 0 aromatic rings. The van der Waals surface area contributed by atoms with Gasteiger partial charge in [0.25, 0.3) is 0 Å². The largest absolute Gasteiger partial charge is 0.480 e. The third kappa shape index (κ3) is 3.76. The number of rotatable bonds is 6. The summed E-state index contributed by atoms with van der Waals surface area (Å²) in [5, 5.41) is 9.21. The van der Waals surface area contributed by atoms with Crippen LogP contribution in [0.4, 0.5) is 0 Å². The number of hydrogen-bond acceptors (Lipinski definition) is 3. The van der Waals surface area contributed by atoms with E-state index in [1.165, 1.54) is 6.42 Å². The molecule has 0 spiro atoms. The van der Waals surface area contributed by atoms with Gasteiger partial charge in [0.15, 0.2) is 0 Å². The van der Waals surface area contributed by atoms with Gasteiger partial charge in [-0.3, -0.25) is 9.69 Å². The first-order valence-electron chi connectivity index (χ1n) is 6.36. The molecule has 0 saturated carbocycles. The number of carboxylic acids is 1. The molecular formula is C12H24N2O2. The van der Waals surface area contributed by atoms with Gasteiger partial charge in [-0.2, -0.15) is 0 Å². The molecular weight excluding hydrogens is 204 g/mol. The number of carbonyl (C=O) groups is 1. The fourth-order valence-corrected chi connectivity index (χ4v) is 2.59. The minimum absolute atomic E-state index is 0.287. The van der Waals surface area contributed by atoms with Crippen molar-refractivity contribution in [3.05, 3.63) is 0 Å². The van der Waals surface area contributed by atoms with E-state index in [1.54, 1.807) is 0 Å². The van der Waals surface area contributed by atoms with Crippen molar-refractivity contribution in [2.75, 3.05) is 19.6 Å². The van der Waals surface area contributed by atoms with E-state index in [1.807, 2.05) is 6.92 Å². The van der Waals surface area contributed by atoms with Crippen LogP contribution in [0.3, 0.4) is 0 Å². The number of aliphatic carboxylic acids is 1. The molecule has 1 fully saturated rings. The highest BCUT2D eigenvalue weighted by molar-refractivity contribution is 5.73. The van der Waals surface area contributed by atoms with E-state index in [9.17, 15) is 9.90 Å². The molecule has 0 aliphatic carbocycles. The Morgan fingerprint density at radius 3 is 2.94 bits per heavy atom. The lowest BCUT2D eigenvalue weighted by Gasteiger charge is -2.36. The van der Waals surface area contributed by atoms with Crippen molar-refractivity contribution in [3.63, 3.8) is 0 Å². The maximum absolute atomic E-state index is 11.2. The van der Waals surface area contributed by atoms with Gasteiger partial charge in [-0.15, -0.1) is 0 Å². The van der Waals surface area contributed by atoms with E-state index < -0.39 is 5.97 Å². The smallest absolute Gasteiger partial charge is 0.320 e. The Kier molecular flexibility index (Phi) is 5.77. The van der Waals surface area contributed by atoms with Crippen molar-refractivity contribution < 1.29 is 9.90 Å². The van der Waals surface area contributed by atoms with Gasteiger partial charge in [-0.25, -0.2) is 0 Å². The van der Waals surface area contributed by atoms with Gasteiger partial charge in [-0.1, -0.05) is 13.3 Å². The van der Waals surface area contributed by atoms with Gasteiger partial charge in [0.2, 0.25) is 0 Å². The SMILES string of the molecule is CCCC(C(=O)O)N1CCCC(CCN)C1. The predicted octanol–water partition coefficient (Wildman–Crippen LogP) is 1.30. The molecule has 0 aromatic carbocycles. The molecule has 4 nitrogen and oxygen atoms in total. The maximum atomic E-state index is 11.2. The van der Waals surface area contributed by atoms with Gasteiger partial charge in [0.05, 0.1) is 0 Å². The first-order valence-corrected chi connectivity index (χ1v) is 6.36. The number of nitrogens with two attached hydrogens (primary N) is 1. The first-order chi connectivity index (χ1) is 7.69. The monoisotopic (exact) mass is 228 g/mol. The molecule has 1 aliphatic rings. The van der Waals surface area contributed by atoms with Gasteiger partial charge in [0, 0.05) is 6.54 Å². The van der Waals surface area contributed by atoms with Crippen molar-refractivity contribution in [3.8, 4) is 0 Å². The highest BCUT2D eigenvalue weighted by atomic mass is 16.4. The Balaban J connectivity index is 2.52. The van der Waals surface area contributed by atoms with Crippen molar-refractivity contribution in [2.24, 2.45) is 11.7 Å². The predicted molar refractivity (Wildman–Crippen MR) is 64.3 cm³/mol. The lowest BCUT2D eigenvalue weighted by Crippen LogP contribution is -2.46. The fourth-order valence-electron chi connectivity index (χ4n) is 2.59. The summed E-state index contributed by atoms with van der Waals surface area (Å²) in [7, 11) is 0. The molecule has 0 radical (unpaired) electrons. The molecule has 1 aliphatic heterocycles. The summed E-state index contributed by atoms with van der Waals surface area (Å²) in [5.74, 6) is -0.0762. The van der Waals surface area contributed by atoms with Crippen LogP contribution in [0.1, 0.15) is 39.0 Å². The number of hydrogen-bond donors (Lipinski definition) is 2. The Bertz CT molecular complexity index is 219. The van der Waals surface area contributed by atoms with E-state index in [0.717, 1.165) is 38.8 Å². The topological polar surface area (TPSA) is 66.6 Å². The number of piperidine rings is 1. The summed E-state index contributed by atoms with van der Waals surface area (Å²) < 4.78 is 0. The van der Waals surface area contributed by atoms with Crippen LogP contribution in [-0.2, 0) is 4.79 Å². The van der Waals surface area contributed by atoms with Gasteiger partial charge >= 0.3 is 5.97 Å². The minimum atomic E-state index is -0.671. The second-order valence-electron chi connectivity index (χ2n) is 4.72. The molecule has 1 rings (SSSR count). The van der Waals surface area contributed by atoms with Crippen LogP contribution in [0.15, 0.2) is 0 Å². The van der Waals surface area contributed by atoms with Crippen LogP contribution in [0.5, 0.6) is 0 Å². The summed E-state index contributed by atoms with van der Waals surface area (Å²) in [6.07, 6.45) is 5.01. The normalized spacial score (nSPS) is 24.2. The fraction of sp³-hybridized carbons (Fsp3) is 0.917. The molecule has 4 heteroatoms. The average Bonchev–Trinajstić information content (AvgIpc) is 2.26. The lowest BCUT2D eigenvalue weighted by molar-refractivity contribution is -0.144. The van der Waals surface area contributed by atoms with Gasteiger partial charge in [-0.05, 0) is 44.7 Å². The second kappa shape index (κ2) is 6.86. The van der Waals surface area contributed by atoms with Crippen LogP contribution < -0.4 is 5.73 Å². The molecule has 0 amide bonds.